The van der Waals surface area contributed by atoms with Crippen LogP contribution in [0.3, 0.4) is 0 Å². The topological polar surface area (TPSA) is 182 Å². The first kappa shape index (κ1) is 27.9. The van der Waals surface area contributed by atoms with Gasteiger partial charge in [0.15, 0.2) is 11.4 Å². The van der Waals surface area contributed by atoms with Crippen LogP contribution < -0.4 is 5.73 Å². The van der Waals surface area contributed by atoms with Crippen LogP contribution in [0.4, 0.5) is 0 Å². The lowest BCUT2D eigenvalue weighted by Crippen LogP contribution is -2.70. The number of nitrogens with two attached hydrogens (primary N) is 1. The molecule has 0 bridgehead atoms. The molecular weight excluding hydrogens is 536 g/mol. The summed E-state index contributed by atoms with van der Waals surface area (Å²) in [5.41, 5.74) is 2.61. The smallest absolute Gasteiger partial charge is 0.255 e. The Morgan fingerprint density at radius 3 is 2.35 bits per heavy atom. The number of aromatic hydroxyl groups is 1. The number of aliphatic hydroxyl groups excluding tert-OH is 3. The van der Waals surface area contributed by atoms with Crippen molar-refractivity contribution in [1.82, 2.24) is 4.90 Å². The minimum atomic E-state index is -2.93. The Kier molecular flexibility index (Phi) is 7.03. The molecule has 5 rings (SSSR count). The number of benzene rings is 2. The number of ketones is 2. The highest BCUT2D eigenvalue weighted by molar-refractivity contribution is 7.98. The van der Waals surface area contributed by atoms with E-state index in [1.54, 1.807) is 12.1 Å². The van der Waals surface area contributed by atoms with E-state index in [0.29, 0.717) is 17.1 Å². The number of phenolic OH excluding ortho intramolecular Hbond substituents is 1. The number of primary amides is 1. The number of fused-ring (bicyclic) bond motifs is 3. The van der Waals surface area contributed by atoms with E-state index in [2.05, 4.69) is 0 Å². The largest absolute Gasteiger partial charge is 0.508 e. The summed E-state index contributed by atoms with van der Waals surface area (Å²) in [4.78, 5) is 41.0. The molecule has 11 heteroatoms. The number of aliphatic hydroxyl groups is 4. The van der Waals surface area contributed by atoms with Gasteiger partial charge in [-0.15, -0.1) is 0 Å². The van der Waals surface area contributed by atoms with Crippen molar-refractivity contribution in [3.05, 3.63) is 82.1 Å². The van der Waals surface area contributed by atoms with Gasteiger partial charge in [-0.2, -0.15) is 11.8 Å². The van der Waals surface area contributed by atoms with Gasteiger partial charge in [0.2, 0.25) is 5.78 Å². The molecule has 40 heavy (non-hydrogen) atoms. The van der Waals surface area contributed by atoms with E-state index in [1.165, 1.54) is 36.8 Å². The van der Waals surface area contributed by atoms with Crippen molar-refractivity contribution in [2.75, 3.05) is 19.8 Å². The second kappa shape index (κ2) is 10.1. The number of amides is 1. The molecule has 3 aliphatic carbocycles. The molecule has 0 radical (unpaired) electrons. The predicted octanol–water partition coefficient (Wildman–Crippen LogP) is 1.41. The highest BCUT2D eigenvalue weighted by Crippen LogP contribution is 2.56. The third kappa shape index (κ3) is 3.95. The van der Waals surface area contributed by atoms with E-state index in [0.717, 1.165) is 5.56 Å². The Balaban J connectivity index is 1.69. The van der Waals surface area contributed by atoms with Crippen molar-refractivity contribution < 1.29 is 39.9 Å². The lowest BCUT2D eigenvalue weighted by molar-refractivity contribution is -0.169. The maximum atomic E-state index is 14.1. The lowest BCUT2D eigenvalue weighted by Gasteiger charge is -2.54. The first-order chi connectivity index (χ1) is 18.9. The van der Waals surface area contributed by atoms with Gasteiger partial charge in [-0.25, -0.2) is 0 Å². The molecule has 0 aliphatic heterocycles. The fraction of sp³-hybridized carbons (Fsp3) is 0.345. The van der Waals surface area contributed by atoms with Crippen LogP contribution in [0.2, 0.25) is 0 Å². The van der Waals surface area contributed by atoms with Gasteiger partial charge in [-0.05, 0) is 31.3 Å². The van der Waals surface area contributed by atoms with Gasteiger partial charge < -0.3 is 31.3 Å². The van der Waals surface area contributed by atoms with E-state index < -0.39 is 75.6 Å². The molecule has 210 valence electrons. The highest BCUT2D eigenvalue weighted by Gasteiger charge is 2.68. The molecule has 1 amide bonds. The molecule has 7 N–H and O–H groups in total. The van der Waals surface area contributed by atoms with Crippen LogP contribution in [-0.2, 0) is 20.1 Å². The first-order valence-corrected chi connectivity index (χ1v) is 13.8. The summed E-state index contributed by atoms with van der Waals surface area (Å²) < 4.78 is 0. The zero-order valence-electron chi connectivity index (χ0n) is 21.8. The Morgan fingerprint density at radius 2 is 1.73 bits per heavy atom. The van der Waals surface area contributed by atoms with Crippen LogP contribution >= 0.6 is 11.8 Å². The summed E-state index contributed by atoms with van der Waals surface area (Å²) in [6.45, 7) is 0. The molecule has 10 nitrogen and oxygen atoms in total. The summed E-state index contributed by atoms with van der Waals surface area (Å²) in [6.07, 6.45) is -1.63. The number of carbonyl (C=O) groups excluding carboxylic acids is 3. The third-order valence-electron chi connectivity index (χ3n) is 8.21. The van der Waals surface area contributed by atoms with Crippen LogP contribution in [0, 0.1) is 11.8 Å². The van der Waals surface area contributed by atoms with Crippen LogP contribution in [0.25, 0.3) is 5.76 Å². The van der Waals surface area contributed by atoms with Gasteiger partial charge in [0, 0.05) is 28.9 Å². The second-order valence-electron chi connectivity index (χ2n) is 10.6. The van der Waals surface area contributed by atoms with Gasteiger partial charge >= 0.3 is 0 Å². The van der Waals surface area contributed by atoms with Crippen molar-refractivity contribution in [3.63, 3.8) is 0 Å². The number of rotatable bonds is 6. The summed E-state index contributed by atoms with van der Waals surface area (Å²) in [6, 6.07) is 12.9. The monoisotopic (exact) mass is 566 g/mol. The summed E-state index contributed by atoms with van der Waals surface area (Å²) in [7, 11) is 2.96. The lowest BCUT2D eigenvalue weighted by atomic mass is 9.54. The van der Waals surface area contributed by atoms with Crippen LogP contribution in [0.1, 0.15) is 22.6 Å². The summed E-state index contributed by atoms with van der Waals surface area (Å²) in [5, 5.41) is 56.8. The van der Waals surface area contributed by atoms with E-state index in [-0.39, 0.29) is 11.3 Å². The third-order valence-corrected chi connectivity index (χ3v) is 9.34. The first-order valence-electron chi connectivity index (χ1n) is 12.7. The molecule has 1 saturated carbocycles. The van der Waals surface area contributed by atoms with Crippen molar-refractivity contribution >= 4 is 35.0 Å². The molecule has 0 saturated heterocycles. The molecular formula is C29H30N2O8S. The summed E-state index contributed by atoms with van der Waals surface area (Å²) >= 11 is 1.52. The molecule has 1 fully saturated rings. The van der Waals surface area contributed by atoms with Gasteiger partial charge in [-0.1, -0.05) is 42.5 Å². The van der Waals surface area contributed by atoms with Gasteiger partial charge in [0.25, 0.3) is 5.91 Å². The number of carbonyl (C=O) groups is 3. The molecule has 3 aliphatic rings. The Hall–Kier alpha value is -3.64. The number of Topliss-reactive ketones (excluding diaryl/α,β-unsaturated/α-hetero) is 2. The average molecular weight is 567 g/mol. The molecule has 6 atom stereocenters. The van der Waals surface area contributed by atoms with Crippen molar-refractivity contribution in [3.8, 4) is 5.75 Å². The number of phenols is 1. The Bertz CT molecular complexity index is 1470. The van der Waals surface area contributed by atoms with E-state index in [1.807, 2.05) is 30.3 Å². The minimum absolute atomic E-state index is 0.0173. The zero-order valence-corrected chi connectivity index (χ0v) is 22.6. The van der Waals surface area contributed by atoms with Crippen LogP contribution in [0.15, 0.2) is 65.4 Å². The fourth-order valence-electron chi connectivity index (χ4n) is 6.47. The second-order valence-corrected chi connectivity index (χ2v) is 11.6. The zero-order chi connectivity index (χ0) is 29.1. The van der Waals surface area contributed by atoms with Crippen molar-refractivity contribution in [2.45, 2.75) is 29.4 Å². The van der Waals surface area contributed by atoms with E-state index in [4.69, 9.17) is 5.73 Å². The highest BCUT2D eigenvalue weighted by atomic mass is 32.2. The number of nitrogens with zero attached hydrogens (tertiary/aromatic N) is 1. The van der Waals surface area contributed by atoms with E-state index >= 15 is 0 Å². The van der Waals surface area contributed by atoms with Crippen molar-refractivity contribution in [2.24, 2.45) is 17.6 Å². The van der Waals surface area contributed by atoms with E-state index in [9.17, 15) is 39.9 Å². The van der Waals surface area contributed by atoms with Gasteiger partial charge in [0.1, 0.15) is 22.8 Å². The average Bonchev–Trinajstić information content (AvgIpc) is 2.90. The molecule has 2 aromatic rings. The molecule has 0 spiro atoms. The van der Waals surface area contributed by atoms with Crippen LogP contribution in [-0.4, -0.2) is 85.5 Å². The number of thioether (sulfide) groups is 1. The standard InChI is InChI=1S/C29H30N2O8S/c1-31(2)22-21-24(34)18-15(12-40-11-13-7-4-3-5-8-13)14-9-6-10-16(32)17(14)23(33)19(18)26(36)29(21,39)27(37)20(25(22)35)28(30)38/h3-10,15,18,21-22,24,32-34,37,39H,11-12H2,1-2H3,(H2,30,38). The normalized spacial score (nSPS) is 29.8. The number of hydrogen-bond acceptors (Lipinski definition) is 10. The Morgan fingerprint density at radius 1 is 1.05 bits per heavy atom. The maximum absolute atomic E-state index is 14.1. The number of likely N-dealkylation sites (N-methyl/N-ethyl adjacent to an activating group) is 1. The minimum Gasteiger partial charge on any atom is -0.508 e. The van der Waals surface area contributed by atoms with Crippen LogP contribution in [0.5, 0.6) is 5.75 Å². The predicted molar refractivity (Wildman–Crippen MR) is 147 cm³/mol. The van der Waals surface area contributed by atoms with Gasteiger partial charge in [0.05, 0.1) is 23.6 Å². The molecule has 2 aromatic carbocycles. The van der Waals surface area contributed by atoms with Gasteiger partial charge in [-0.3, -0.25) is 19.3 Å². The van der Waals surface area contributed by atoms with Crippen molar-refractivity contribution in [1.29, 1.82) is 0 Å². The quantitative estimate of drug-likeness (QED) is 0.280. The maximum Gasteiger partial charge on any atom is 0.255 e. The number of hydrogen-bond donors (Lipinski definition) is 6. The fourth-order valence-corrected chi connectivity index (χ4v) is 7.66. The summed E-state index contributed by atoms with van der Waals surface area (Å²) in [5.74, 6) is -8.04. The molecule has 0 heterocycles. The molecule has 0 aromatic heterocycles. The SMILES string of the molecule is CN(C)C1C(=O)C(C(N)=O)=C(O)C2(O)C(=O)C3=C(O)c4c(O)cccc4C(CSCc4ccccc4)C3C(O)C12. The molecule has 6 unspecified atom stereocenters. The Labute approximate surface area is 234 Å².